The molecule has 0 spiro atoms. The third-order valence-corrected chi connectivity index (χ3v) is 2.32. The monoisotopic (exact) mass is 140 g/mol. The third-order valence-electron chi connectivity index (χ3n) is 2.32. The standard InChI is InChI=1S/C8H12O2/c1-4-7(5(2)9)8(4)6(3)10/h4,7-8H,1-3H3. The van der Waals surface area contributed by atoms with E-state index in [4.69, 9.17) is 0 Å². The van der Waals surface area contributed by atoms with E-state index in [-0.39, 0.29) is 23.4 Å². The summed E-state index contributed by atoms with van der Waals surface area (Å²) in [5.41, 5.74) is 0. The van der Waals surface area contributed by atoms with Gasteiger partial charge in [-0.15, -0.1) is 0 Å². The van der Waals surface area contributed by atoms with Gasteiger partial charge in [-0.2, -0.15) is 0 Å². The second-order valence-electron chi connectivity index (χ2n) is 3.13. The predicted octanol–water partition coefficient (Wildman–Crippen LogP) is 1.05. The largest absolute Gasteiger partial charge is 0.300 e. The summed E-state index contributed by atoms with van der Waals surface area (Å²) in [6.45, 7) is 5.08. The van der Waals surface area contributed by atoms with Crippen molar-refractivity contribution in [1.82, 2.24) is 0 Å². The normalized spacial score (nSPS) is 37.3. The highest BCUT2D eigenvalue weighted by molar-refractivity contribution is 5.92. The van der Waals surface area contributed by atoms with E-state index in [1.54, 1.807) is 13.8 Å². The Morgan fingerprint density at radius 3 is 1.40 bits per heavy atom. The lowest BCUT2D eigenvalue weighted by Crippen LogP contribution is -2.01. The Hall–Kier alpha value is -0.660. The van der Waals surface area contributed by atoms with E-state index >= 15 is 0 Å². The van der Waals surface area contributed by atoms with Crippen LogP contribution >= 0.6 is 0 Å². The van der Waals surface area contributed by atoms with Crippen LogP contribution in [-0.4, -0.2) is 11.6 Å². The molecule has 1 saturated carbocycles. The quantitative estimate of drug-likeness (QED) is 0.574. The first-order chi connectivity index (χ1) is 4.55. The lowest BCUT2D eigenvalue weighted by atomic mass is 10.2. The van der Waals surface area contributed by atoms with Crippen molar-refractivity contribution in [3.63, 3.8) is 0 Å². The lowest BCUT2D eigenvalue weighted by Gasteiger charge is -1.86. The van der Waals surface area contributed by atoms with E-state index in [2.05, 4.69) is 0 Å². The Labute approximate surface area is 60.6 Å². The smallest absolute Gasteiger partial charge is 0.133 e. The number of hydrogen-bond acceptors (Lipinski definition) is 2. The Balaban J connectivity index is 2.57. The number of carbonyl (C=O) groups is 2. The molecule has 56 valence electrons. The van der Waals surface area contributed by atoms with Gasteiger partial charge in [-0.25, -0.2) is 0 Å². The zero-order valence-corrected chi connectivity index (χ0v) is 6.55. The van der Waals surface area contributed by atoms with Gasteiger partial charge in [0.1, 0.15) is 11.6 Å². The molecule has 2 unspecified atom stereocenters. The highest BCUT2D eigenvalue weighted by Crippen LogP contribution is 2.46. The molecular weight excluding hydrogens is 128 g/mol. The summed E-state index contributed by atoms with van der Waals surface area (Å²) >= 11 is 0. The highest BCUT2D eigenvalue weighted by Gasteiger charge is 2.52. The summed E-state index contributed by atoms with van der Waals surface area (Å²) in [4.78, 5) is 21.6. The number of rotatable bonds is 2. The van der Waals surface area contributed by atoms with Crippen LogP contribution in [0.3, 0.4) is 0 Å². The molecule has 1 aliphatic carbocycles. The maximum absolute atomic E-state index is 10.8. The van der Waals surface area contributed by atoms with E-state index in [1.807, 2.05) is 6.92 Å². The van der Waals surface area contributed by atoms with Crippen molar-refractivity contribution in [2.24, 2.45) is 17.8 Å². The van der Waals surface area contributed by atoms with Crippen LogP contribution < -0.4 is 0 Å². The predicted molar refractivity (Wildman–Crippen MR) is 37.5 cm³/mol. The maximum atomic E-state index is 10.8. The molecule has 0 N–H and O–H groups in total. The molecule has 2 atom stereocenters. The highest BCUT2D eigenvalue weighted by atomic mass is 16.1. The van der Waals surface area contributed by atoms with Gasteiger partial charge in [0, 0.05) is 11.8 Å². The molecule has 1 aliphatic rings. The van der Waals surface area contributed by atoms with Gasteiger partial charge in [-0.05, 0) is 19.8 Å². The second-order valence-corrected chi connectivity index (χ2v) is 3.13. The van der Waals surface area contributed by atoms with Crippen LogP contribution in [0.2, 0.25) is 0 Å². The molecule has 0 aliphatic heterocycles. The van der Waals surface area contributed by atoms with E-state index in [0.29, 0.717) is 5.92 Å². The molecule has 0 bridgehead atoms. The Morgan fingerprint density at radius 1 is 1.00 bits per heavy atom. The fourth-order valence-electron chi connectivity index (χ4n) is 1.71. The van der Waals surface area contributed by atoms with Crippen molar-refractivity contribution in [3.05, 3.63) is 0 Å². The fourth-order valence-corrected chi connectivity index (χ4v) is 1.71. The van der Waals surface area contributed by atoms with Crippen molar-refractivity contribution < 1.29 is 9.59 Å². The molecule has 0 amide bonds. The minimum absolute atomic E-state index is 0.0394. The molecule has 0 heterocycles. The third kappa shape index (κ3) is 0.981. The number of Topliss-reactive ketones (excluding diaryl/α,β-unsaturated/α-hetero) is 2. The van der Waals surface area contributed by atoms with Gasteiger partial charge in [-0.3, -0.25) is 9.59 Å². The molecule has 10 heavy (non-hydrogen) atoms. The summed E-state index contributed by atoms with van der Waals surface area (Å²) in [7, 11) is 0. The summed E-state index contributed by atoms with van der Waals surface area (Å²) in [5, 5.41) is 0. The van der Waals surface area contributed by atoms with Gasteiger partial charge in [0.15, 0.2) is 0 Å². The van der Waals surface area contributed by atoms with Gasteiger partial charge >= 0.3 is 0 Å². The summed E-state index contributed by atoms with van der Waals surface area (Å²) in [6.07, 6.45) is 0. The molecule has 2 nitrogen and oxygen atoms in total. The topological polar surface area (TPSA) is 34.1 Å². The SMILES string of the molecule is CC(=O)C1C(C)C1C(C)=O. The maximum Gasteiger partial charge on any atom is 0.133 e. The van der Waals surface area contributed by atoms with E-state index in [1.165, 1.54) is 0 Å². The number of carbonyl (C=O) groups excluding carboxylic acids is 2. The zero-order valence-electron chi connectivity index (χ0n) is 6.55. The van der Waals surface area contributed by atoms with Crippen molar-refractivity contribution in [3.8, 4) is 0 Å². The first-order valence-electron chi connectivity index (χ1n) is 3.56. The van der Waals surface area contributed by atoms with Gasteiger partial charge in [-0.1, -0.05) is 6.92 Å². The van der Waals surface area contributed by atoms with E-state index < -0.39 is 0 Å². The minimum atomic E-state index is 0.0394. The molecule has 0 aromatic heterocycles. The molecule has 0 aromatic rings. The van der Waals surface area contributed by atoms with Gasteiger partial charge in [0.25, 0.3) is 0 Å². The zero-order chi connectivity index (χ0) is 7.89. The van der Waals surface area contributed by atoms with Gasteiger partial charge in [0.05, 0.1) is 0 Å². The second kappa shape index (κ2) is 2.19. The number of hydrogen-bond donors (Lipinski definition) is 0. The summed E-state index contributed by atoms with van der Waals surface area (Å²) in [5.74, 6) is 0.699. The lowest BCUT2D eigenvalue weighted by molar-refractivity contribution is -0.122. The van der Waals surface area contributed by atoms with Crippen LogP contribution in [0.25, 0.3) is 0 Å². The van der Waals surface area contributed by atoms with E-state index in [0.717, 1.165) is 0 Å². The Morgan fingerprint density at radius 2 is 1.30 bits per heavy atom. The van der Waals surface area contributed by atoms with Crippen LogP contribution in [-0.2, 0) is 9.59 Å². The van der Waals surface area contributed by atoms with Crippen LogP contribution in [0, 0.1) is 17.8 Å². The molecular formula is C8H12O2. The van der Waals surface area contributed by atoms with E-state index in [9.17, 15) is 9.59 Å². The first kappa shape index (κ1) is 7.45. The fraction of sp³-hybridized carbons (Fsp3) is 0.750. The molecule has 2 heteroatoms. The number of ketones is 2. The molecule has 1 rings (SSSR count). The average Bonchev–Trinajstić information content (AvgIpc) is 2.40. The molecule has 0 aromatic carbocycles. The Bertz CT molecular complexity index is 164. The summed E-state index contributed by atoms with van der Waals surface area (Å²) in [6, 6.07) is 0. The van der Waals surface area contributed by atoms with Crippen LogP contribution in [0.1, 0.15) is 20.8 Å². The molecule has 0 saturated heterocycles. The average molecular weight is 140 g/mol. The Kier molecular flexibility index (Phi) is 1.63. The van der Waals surface area contributed by atoms with Crippen LogP contribution in [0.15, 0.2) is 0 Å². The summed E-state index contributed by atoms with van der Waals surface area (Å²) < 4.78 is 0. The van der Waals surface area contributed by atoms with Crippen molar-refractivity contribution in [2.75, 3.05) is 0 Å². The van der Waals surface area contributed by atoms with Gasteiger partial charge < -0.3 is 0 Å². The van der Waals surface area contributed by atoms with Crippen LogP contribution in [0.5, 0.6) is 0 Å². The van der Waals surface area contributed by atoms with Crippen molar-refractivity contribution in [2.45, 2.75) is 20.8 Å². The van der Waals surface area contributed by atoms with Gasteiger partial charge in [0.2, 0.25) is 0 Å². The van der Waals surface area contributed by atoms with Crippen LogP contribution in [0.4, 0.5) is 0 Å². The molecule has 0 radical (unpaired) electrons. The first-order valence-corrected chi connectivity index (χ1v) is 3.56. The molecule has 1 fully saturated rings. The van der Waals surface area contributed by atoms with Crippen molar-refractivity contribution in [1.29, 1.82) is 0 Å². The minimum Gasteiger partial charge on any atom is -0.300 e. The van der Waals surface area contributed by atoms with Crippen molar-refractivity contribution >= 4 is 11.6 Å².